The molecule has 9 heteroatoms. The summed E-state index contributed by atoms with van der Waals surface area (Å²) in [6.45, 7) is 0.800. The van der Waals surface area contributed by atoms with E-state index in [1.165, 1.54) is 0 Å². The number of carbonyl (C=O) groups excluding carboxylic acids is 3. The number of rotatable bonds is 7. The van der Waals surface area contributed by atoms with Crippen LogP contribution in [-0.4, -0.2) is 59.8 Å². The molecule has 0 amide bonds. The molecule has 9 nitrogen and oxygen atoms in total. The minimum Gasteiger partial charge on any atom is -0.489 e. The van der Waals surface area contributed by atoms with Crippen LogP contribution in [0.1, 0.15) is 42.4 Å². The summed E-state index contributed by atoms with van der Waals surface area (Å²) in [5, 5.41) is 10.9. The minimum atomic E-state index is -2.36. The lowest BCUT2D eigenvalue weighted by Gasteiger charge is -2.51. The van der Waals surface area contributed by atoms with E-state index in [0.717, 1.165) is 22.3 Å². The predicted octanol–water partition coefficient (Wildman–Crippen LogP) is 3.89. The van der Waals surface area contributed by atoms with Gasteiger partial charge in [0.1, 0.15) is 12.4 Å². The van der Waals surface area contributed by atoms with Crippen LogP contribution in [0, 0.1) is 0 Å². The van der Waals surface area contributed by atoms with Crippen molar-refractivity contribution in [2.45, 2.75) is 55.7 Å². The van der Waals surface area contributed by atoms with E-state index >= 15 is 0 Å². The summed E-state index contributed by atoms with van der Waals surface area (Å²) in [4.78, 5) is 41.3. The van der Waals surface area contributed by atoms with Crippen molar-refractivity contribution in [1.29, 1.82) is 0 Å². The quantitative estimate of drug-likeness (QED) is 0.422. The number of aryl methyl sites for hydroxylation is 1. The molecule has 2 heterocycles. The first-order valence-corrected chi connectivity index (χ1v) is 14.1. The number of hydrogen-bond donors (Lipinski definition) is 1. The molecule has 2 aliphatic heterocycles. The van der Waals surface area contributed by atoms with Gasteiger partial charge in [-0.15, -0.1) is 0 Å². The smallest absolute Gasteiger partial charge is 0.343 e. The number of carbonyl (C=O) groups is 3. The van der Waals surface area contributed by atoms with Gasteiger partial charge in [0.15, 0.2) is 11.2 Å². The van der Waals surface area contributed by atoms with Crippen LogP contribution in [-0.2, 0) is 47.4 Å². The minimum absolute atomic E-state index is 0.237. The van der Waals surface area contributed by atoms with Crippen molar-refractivity contribution >= 4 is 17.9 Å². The average Bonchev–Trinajstić information content (AvgIpc) is 3.03. The Hall–Kier alpha value is -4.21. The van der Waals surface area contributed by atoms with E-state index in [4.69, 9.17) is 18.9 Å². The Kier molecular flexibility index (Phi) is 7.03. The Labute approximate surface area is 243 Å². The molecular weight excluding hydrogens is 538 g/mol. The Balaban J connectivity index is 1.32. The molecule has 0 radical (unpaired) electrons. The second kappa shape index (κ2) is 10.6. The van der Waals surface area contributed by atoms with Crippen LogP contribution in [0.15, 0.2) is 72.8 Å². The zero-order valence-electron chi connectivity index (χ0n) is 23.6. The van der Waals surface area contributed by atoms with Gasteiger partial charge in [-0.25, -0.2) is 4.79 Å². The highest BCUT2D eigenvalue weighted by atomic mass is 16.8. The van der Waals surface area contributed by atoms with Gasteiger partial charge < -0.3 is 29.0 Å². The van der Waals surface area contributed by atoms with Crippen molar-refractivity contribution in [3.63, 3.8) is 0 Å². The molecule has 3 unspecified atom stereocenters. The second-order valence-corrected chi connectivity index (χ2v) is 11.6. The van der Waals surface area contributed by atoms with Gasteiger partial charge >= 0.3 is 23.7 Å². The number of esters is 3. The van der Waals surface area contributed by atoms with Crippen molar-refractivity contribution < 1.29 is 38.4 Å². The summed E-state index contributed by atoms with van der Waals surface area (Å²) < 4.78 is 24.0. The number of fused-ring (bicyclic) bond motifs is 3. The monoisotopic (exact) mass is 571 g/mol. The van der Waals surface area contributed by atoms with Crippen LogP contribution in [0.3, 0.4) is 0 Å². The summed E-state index contributed by atoms with van der Waals surface area (Å²) >= 11 is 0. The lowest BCUT2D eigenvalue weighted by molar-refractivity contribution is -0.316. The second-order valence-electron chi connectivity index (χ2n) is 11.6. The van der Waals surface area contributed by atoms with Crippen LogP contribution in [0.5, 0.6) is 5.75 Å². The van der Waals surface area contributed by atoms with Crippen molar-refractivity contribution in [1.82, 2.24) is 4.90 Å². The first-order chi connectivity index (χ1) is 20.1. The predicted molar refractivity (Wildman–Crippen MR) is 151 cm³/mol. The van der Waals surface area contributed by atoms with Gasteiger partial charge in [-0.05, 0) is 67.4 Å². The fraction of sp³-hybridized carbons (Fsp3) is 0.364. The number of hydrogen-bond acceptors (Lipinski definition) is 9. The van der Waals surface area contributed by atoms with Crippen LogP contribution in [0.4, 0.5) is 0 Å². The Bertz CT molecular complexity index is 1520. The normalized spacial score (nSPS) is 26.6. The highest BCUT2D eigenvalue weighted by Crippen LogP contribution is 2.54. The zero-order valence-corrected chi connectivity index (χ0v) is 23.6. The van der Waals surface area contributed by atoms with E-state index < -0.39 is 47.7 Å². The van der Waals surface area contributed by atoms with Crippen LogP contribution < -0.4 is 4.74 Å². The van der Waals surface area contributed by atoms with Crippen LogP contribution in [0.2, 0.25) is 0 Å². The van der Waals surface area contributed by atoms with Gasteiger partial charge in [0.2, 0.25) is 0 Å². The number of aliphatic hydroxyl groups is 1. The molecule has 1 spiro atoms. The van der Waals surface area contributed by atoms with Gasteiger partial charge in [0.05, 0.1) is 12.8 Å². The molecule has 42 heavy (non-hydrogen) atoms. The van der Waals surface area contributed by atoms with Crippen molar-refractivity contribution in [2.24, 2.45) is 0 Å². The molecular formula is C33H33NO8. The number of nitrogens with zero attached hydrogens (tertiary/aromatic N) is 1. The molecule has 3 aliphatic rings. The van der Waals surface area contributed by atoms with Gasteiger partial charge in [-0.1, -0.05) is 54.6 Å². The van der Waals surface area contributed by atoms with Crippen LogP contribution in [0.25, 0.3) is 11.1 Å². The van der Waals surface area contributed by atoms with Crippen LogP contribution >= 0.6 is 0 Å². The molecule has 2 bridgehead atoms. The zero-order chi connectivity index (χ0) is 29.5. The number of benzene rings is 3. The Morgan fingerprint density at radius 3 is 2.26 bits per heavy atom. The average molecular weight is 572 g/mol. The van der Waals surface area contributed by atoms with E-state index in [2.05, 4.69) is 24.3 Å². The van der Waals surface area contributed by atoms with Gasteiger partial charge in [0.25, 0.3) is 0 Å². The molecule has 2 fully saturated rings. The van der Waals surface area contributed by atoms with Gasteiger partial charge in [-0.3, -0.25) is 9.59 Å². The van der Waals surface area contributed by atoms with E-state index in [9.17, 15) is 19.5 Å². The fourth-order valence-electron chi connectivity index (χ4n) is 6.07. The van der Waals surface area contributed by atoms with Crippen molar-refractivity contribution in [2.75, 3.05) is 20.6 Å². The highest BCUT2D eigenvalue weighted by molar-refractivity contribution is 5.92. The van der Waals surface area contributed by atoms with E-state index in [0.29, 0.717) is 30.9 Å². The third-order valence-corrected chi connectivity index (χ3v) is 8.32. The Morgan fingerprint density at radius 1 is 0.857 bits per heavy atom. The molecule has 3 aromatic rings. The van der Waals surface area contributed by atoms with Gasteiger partial charge in [-0.2, -0.15) is 0 Å². The SMILES string of the molecule is CN(C)CCC12CCc3cc(OCc4ccc(-c5ccccc5)cc4)ccc3C13OC(=O)CC(O)(CC(=O)O2)C(=O)O3. The molecule has 3 atom stereocenters. The van der Waals surface area contributed by atoms with Crippen molar-refractivity contribution in [3.8, 4) is 16.9 Å². The fourth-order valence-corrected chi connectivity index (χ4v) is 6.07. The number of ether oxygens (including phenoxy) is 4. The third-order valence-electron chi connectivity index (χ3n) is 8.32. The maximum absolute atomic E-state index is 13.3. The van der Waals surface area contributed by atoms with E-state index in [-0.39, 0.29) is 12.8 Å². The molecule has 0 aromatic heterocycles. The first kappa shape index (κ1) is 27.9. The maximum Gasteiger partial charge on any atom is 0.343 e. The molecule has 3 aromatic carbocycles. The molecule has 2 saturated heterocycles. The summed E-state index contributed by atoms with van der Waals surface area (Å²) in [7, 11) is 3.74. The molecule has 0 saturated carbocycles. The van der Waals surface area contributed by atoms with Gasteiger partial charge in [0, 0.05) is 18.5 Å². The third kappa shape index (κ3) is 4.92. The molecule has 1 N–H and O–H groups in total. The standard InChI is InChI=1S/C33H33NO8/c1-34(2)17-16-32-15-14-25-18-26(39-21-22-8-10-24(11-9-22)23-6-4-3-5-7-23)12-13-27(25)33(32)41-29(36)20-31(38,30(37)42-33)19-28(35)40-32/h3-13,18,38H,14-17,19-21H2,1-2H3. The lowest BCUT2D eigenvalue weighted by atomic mass is 9.72. The topological polar surface area (TPSA) is 112 Å². The maximum atomic E-state index is 13.3. The summed E-state index contributed by atoms with van der Waals surface area (Å²) in [6.07, 6.45) is -0.455. The van der Waals surface area contributed by atoms with E-state index in [1.54, 1.807) is 12.1 Å². The molecule has 1 aliphatic carbocycles. The highest BCUT2D eigenvalue weighted by Gasteiger charge is 2.69. The summed E-state index contributed by atoms with van der Waals surface area (Å²) in [6, 6.07) is 23.5. The summed E-state index contributed by atoms with van der Waals surface area (Å²) in [5.41, 5.74) is 0.543. The largest absolute Gasteiger partial charge is 0.489 e. The Morgan fingerprint density at radius 2 is 1.55 bits per heavy atom. The van der Waals surface area contributed by atoms with E-state index in [1.807, 2.05) is 55.4 Å². The molecule has 218 valence electrons. The first-order valence-electron chi connectivity index (χ1n) is 14.1. The van der Waals surface area contributed by atoms with Crippen molar-refractivity contribution in [3.05, 3.63) is 89.5 Å². The summed E-state index contributed by atoms with van der Waals surface area (Å²) in [5.74, 6) is -4.16. The molecule has 6 rings (SSSR count). The lowest BCUT2D eigenvalue weighted by Crippen LogP contribution is -2.63.